The van der Waals surface area contributed by atoms with Gasteiger partial charge in [-0.3, -0.25) is 5.41 Å². The molecule has 24 heavy (non-hydrogen) atoms. The van der Waals surface area contributed by atoms with Gasteiger partial charge < -0.3 is 19.9 Å². The van der Waals surface area contributed by atoms with Gasteiger partial charge in [0.1, 0.15) is 5.75 Å². The van der Waals surface area contributed by atoms with Gasteiger partial charge in [-0.05, 0) is 55.5 Å². The minimum absolute atomic E-state index is 0.861. The molecule has 5 heteroatoms. The van der Waals surface area contributed by atoms with Gasteiger partial charge in [0.25, 0.3) is 0 Å². The molecule has 128 valence electrons. The Labute approximate surface area is 144 Å². The Morgan fingerprint density at radius 1 is 1.04 bits per heavy atom. The van der Waals surface area contributed by atoms with E-state index in [4.69, 9.17) is 10.1 Å². The van der Waals surface area contributed by atoms with E-state index < -0.39 is 0 Å². The third-order valence-electron chi connectivity index (χ3n) is 4.00. The molecule has 0 bridgehead atoms. The lowest BCUT2D eigenvalue weighted by molar-refractivity contribution is 0.415. The number of likely N-dealkylation sites (N-methyl/N-ethyl adjacent to an activating group) is 1. The Hall–Kier alpha value is -2.69. The van der Waals surface area contributed by atoms with Crippen molar-refractivity contribution in [2.45, 2.75) is 6.92 Å². The van der Waals surface area contributed by atoms with Crippen LogP contribution >= 0.6 is 0 Å². The van der Waals surface area contributed by atoms with E-state index in [-0.39, 0.29) is 0 Å². The molecule has 0 aromatic heterocycles. The standard InChI is InChI=1S/C19H26N4O/c1-4-23(18-9-11-19(24-3)12-10-18)14-13-21-16-5-7-17(8-6-16)22(2)15-20/h5-12,15,20-21H,4,13-14H2,1-3H3. The lowest BCUT2D eigenvalue weighted by Crippen LogP contribution is -2.28. The highest BCUT2D eigenvalue weighted by atomic mass is 16.5. The maximum absolute atomic E-state index is 7.26. The van der Waals surface area contributed by atoms with Crippen molar-refractivity contribution < 1.29 is 4.74 Å². The average Bonchev–Trinajstić information content (AvgIpc) is 2.65. The monoisotopic (exact) mass is 326 g/mol. The summed E-state index contributed by atoms with van der Waals surface area (Å²) in [6.07, 6.45) is 1.30. The van der Waals surface area contributed by atoms with Gasteiger partial charge in [-0.15, -0.1) is 0 Å². The minimum atomic E-state index is 0.861. The van der Waals surface area contributed by atoms with Crippen molar-refractivity contribution in [3.8, 4) is 5.75 Å². The van der Waals surface area contributed by atoms with E-state index in [2.05, 4.69) is 29.3 Å². The number of rotatable bonds is 9. The molecule has 2 N–H and O–H groups in total. The quantitative estimate of drug-likeness (QED) is 0.545. The molecule has 0 spiro atoms. The Bertz CT molecular complexity index is 625. The van der Waals surface area contributed by atoms with Crippen LogP contribution in [0.2, 0.25) is 0 Å². The highest BCUT2D eigenvalue weighted by Gasteiger charge is 2.04. The van der Waals surface area contributed by atoms with Crippen molar-refractivity contribution in [1.29, 1.82) is 5.41 Å². The highest BCUT2D eigenvalue weighted by molar-refractivity contribution is 5.76. The number of hydrogen-bond acceptors (Lipinski definition) is 4. The molecule has 0 fully saturated rings. The summed E-state index contributed by atoms with van der Waals surface area (Å²) in [5.74, 6) is 0.878. The molecule has 0 heterocycles. The van der Waals surface area contributed by atoms with Crippen LogP contribution < -0.4 is 19.9 Å². The van der Waals surface area contributed by atoms with Gasteiger partial charge in [-0.1, -0.05) is 0 Å². The third-order valence-corrected chi connectivity index (χ3v) is 4.00. The Morgan fingerprint density at radius 3 is 2.21 bits per heavy atom. The first-order valence-corrected chi connectivity index (χ1v) is 8.14. The summed E-state index contributed by atoms with van der Waals surface area (Å²) in [5, 5.41) is 10.7. The number of nitrogens with one attached hydrogen (secondary N) is 2. The molecular formula is C19H26N4O. The number of nitrogens with zero attached hydrogens (tertiary/aromatic N) is 2. The first kappa shape index (κ1) is 17.7. The molecule has 0 aliphatic carbocycles. The van der Waals surface area contributed by atoms with Crippen molar-refractivity contribution in [3.63, 3.8) is 0 Å². The molecule has 0 saturated heterocycles. The van der Waals surface area contributed by atoms with Crippen molar-refractivity contribution in [2.75, 3.05) is 48.9 Å². The number of methoxy groups -OCH3 is 1. The Balaban J connectivity index is 1.87. The maximum atomic E-state index is 7.26. The first-order chi connectivity index (χ1) is 11.7. The van der Waals surface area contributed by atoms with Crippen molar-refractivity contribution in [1.82, 2.24) is 0 Å². The fraction of sp³-hybridized carbons (Fsp3) is 0.316. The van der Waals surface area contributed by atoms with E-state index >= 15 is 0 Å². The molecule has 0 amide bonds. The van der Waals surface area contributed by atoms with Crippen LogP contribution in [-0.2, 0) is 0 Å². The second-order valence-corrected chi connectivity index (χ2v) is 5.49. The molecule has 0 radical (unpaired) electrons. The topological polar surface area (TPSA) is 51.6 Å². The number of benzene rings is 2. The van der Waals surface area contributed by atoms with Crippen molar-refractivity contribution in [3.05, 3.63) is 48.5 Å². The summed E-state index contributed by atoms with van der Waals surface area (Å²) in [6.45, 7) is 4.90. The lowest BCUT2D eigenvalue weighted by Gasteiger charge is -2.24. The second-order valence-electron chi connectivity index (χ2n) is 5.49. The zero-order chi connectivity index (χ0) is 17.4. The van der Waals surface area contributed by atoms with Crippen LogP contribution in [0, 0.1) is 5.41 Å². The zero-order valence-electron chi connectivity index (χ0n) is 14.6. The maximum Gasteiger partial charge on any atom is 0.119 e. The van der Waals surface area contributed by atoms with Crippen LogP contribution in [0.4, 0.5) is 17.1 Å². The molecular weight excluding hydrogens is 300 g/mol. The van der Waals surface area contributed by atoms with Crippen LogP contribution in [0.3, 0.4) is 0 Å². The SMILES string of the molecule is CCN(CCNc1ccc(N(C)C=N)cc1)c1ccc(OC)cc1. The summed E-state index contributed by atoms with van der Waals surface area (Å²) in [5.41, 5.74) is 3.29. The van der Waals surface area contributed by atoms with E-state index in [1.165, 1.54) is 12.0 Å². The molecule has 2 rings (SSSR count). The minimum Gasteiger partial charge on any atom is -0.497 e. The van der Waals surface area contributed by atoms with Gasteiger partial charge in [-0.2, -0.15) is 0 Å². The molecule has 0 unspecified atom stereocenters. The predicted octanol–water partition coefficient (Wildman–Crippen LogP) is 3.68. The van der Waals surface area contributed by atoms with Gasteiger partial charge in [0.2, 0.25) is 0 Å². The molecule has 5 nitrogen and oxygen atoms in total. The summed E-state index contributed by atoms with van der Waals surface area (Å²) in [7, 11) is 3.55. The van der Waals surface area contributed by atoms with Crippen LogP contribution in [-0.4, -0.2) is 40.1 Å². The number of anilines is 3. The lowest BCUT2D eigenvalue weighted by atomic mass is 10.2. The molecule has 2 aromatic carbocycles. The van der Waals surface area contributed by atoms with E-state index in [0.29, 0.717) is 0 Å². The first-order valence-electron chi connectivity index (χ1n) is 8.14. The normalized spacial score (nSPS) is 10.1. The summed E-state index contributed by atoms with van der Waals surface area (Å²) in [4.78, 5) is 4.09. The van der Waals surface area contributed by atoms with Crippen molar-refractivity contribution in [2.24, 2.45) is 0 Å². The predicted molar refractivity (Wildman–Crippen MR) is 103 cm³/mol. The van der Waals surface area contributed by atoms with Crippen LogP contribution in [0.5, 0.6) is 5.75 Å². The van der Waals surface area contributed by atoms with Crippen LogP contribution in [0.1, 0.15) is 6.92 Å². The Morgan fingerprint density at radius 2 is 1.67 bits per heavy atom. The molecule has 0 atom stereocenters. The largest absolute Gasteiger partial charge is 0.497 e. The smallest absolute Gasteiger partial charge is 0.119 e. The fourth-order valence-corrected chi connectivity index (χ4v) is 2.49. The van der Waals surface area contributed by atoms with E-state index in [1.54, 1.807) is 12.0 Å². The van der Waals surface area contributed by atoms with Crippen LogP contribution in [0.25, 0.3) is 0 Å². The number of ether oxygens (including phenoxy) is 1. The fourth-order valence-electron chi connectivity index (χ4n) is 2.49. The summed E-state index contributed by atoms with van der Waals surface area (Å²) in [6, 6.07) is 16.3. The van der Waals surface area contributed by atoms with E-state index in [9.17, 15) is 0 Å². The molecule has 2 aromatic rings. The molecule has 0 aliphatic rings. The number of hydrogen-bond donors (Lipinski definition) is 2. The Kier molecular flexibility index (Phi) is 6.49. The third kappa shape index (κ3) is 4.65. The summed E-state index contributed by atoms with van der Waals surface area (Å²) >= 11 is 0. The van der Waals surface area contributed by atoms with Gasteiger partial charge in [0.05, 0.1) is 13.4 Å². The molecule has 0 saturated carbocycles. The van der Waals surface area contributed by atoms with Gasteiger partial charge in [0.15, 0.2) is 0 Å². The average molecular weight is 326 g/mol. The van der Waals surface area contributed by atoms with E-state index in [0.717, 1.165) is 36.8 Å². The van der Waals surface area contributed by atoms with Gasteiger partial charge in [0, 0.05) is 43.7 Å². The summed E-state index contributed by atoms with van der Waals surface area (Å²) < 4.78 is 5.21. The molecule has 0 aliphatic heterocycles. The van der Waals surface area contributed by atoms with Crippen molar-refractivity contribution >= 4 is 23.4 Å². The second kappa shape index (κ2) is 8.82. The van der Waals surface area contributed by atoms with Gasteiger partial charge in [-0.25, -0.2) is 0 Å². The van der Waals surface area contributed by atoms with Crippen LogP contribution in [0.15, 0.2) is 48.5 Å². The highest BCUT2D eigenvalue weighted by Crippen LogP contribution is 2.19. The van der Waals surface area contributed by atoms with E-state index in [1.807, 2.05) is 43.4 Å². The van der Waals surface area contributed by atoms with Gasteiger partial charge >= 0.3 is 0 Å². The zero-order valence-corrected chi connectivity index (χ0v) is 14.6.